The molecule has 1 amide bonds. The van der Waals surface area contributed by atoms with E-state index in [1.165, 1.54) is 19.3 Å². The van der Waals surface area contributed by atoms with Crippen molar-refractivity contribution in [1.29, 1.82) is 0 Å². The largest absolute Gasteiger partial charge is 0.327 e. The van der Waals surface area contributed by atoms with E-state index in [4.69, 9.17) is 5.73 Å². The highest BCUT2D eigenvalue weighted by Gasteiger charge is 2.40. The maximum absolute atomic E-state index is 12.7. The van der Waals surface area contributed by atoms with Crippen molar-refractivity contribution in [1.82, 2.24) is 15.0 Å². The number of carbonyl (C=O) groups is 1. The number of benzene rings is 1. The van der Waals surface area contributed by atoms with E-state index in [-0.39, 0.29) is 11.8 Å². The van der Waals surface area contributed by atoms with Crippen molar-refractivity contribution in [2.45, 2.75) is 38.1 Å². The van der Waals surface area contributed by atoms with Gasteiger partial charge in [0.15, 0.2) is 0 Å². The van der Waals surface area contributed by atoms with Crippen LogP contribution in [0.4, 0.5) is 5.69 Å². The Morgan fingerprint density at radius 3 is 2.75 bits per heavy atom. The molecular formula is C18H23N5O. The summed E-state index contributed by atoms with van der Waals surface area (Å²) in [6, 6.07) is 7.97. The molecule has 0 aliphatic heterocycles. The van der Waals surface area contributed by atoms with Crippen molar-refractivity contribution in [3.8, 4) is 5.69 Å². The summed E-state index contributed by atoms with van der Waals surface area (Å²) in [7, 11) is 0. The minimum Gasteiger partial charge on any atom is -0.327 e. The maximum Gasteiger partial charge on any atom is 0.227 e. The molecule has 24 heavy (non-hydrogen) atoms. The summed E-state index contributed by atoms with van der Waals surface area (Å²) in [5.41, 5.74) is 8.01. The summed E-state index contributed by atoms with van der Waals surface area (Å²) in [4.78, 5) is 12.7. The van der Waals surface area contributed by atoms with E-state index < -0.39 is 0 Å². The lowest BCUT2D eigenvalue weighted by molar-refractivity contribution is -0.122. The van der Waals surface area contributed by atoms with Gasteiger partial charge >= 0.3 is 0 Å². The maximum atomic E-state index is 12.7. The van der Waals surface area contributed by atoms with Gasteiger partial charge in [-0.25, -0.2) is 4.68 Å². The molecule has 1 aromatic heterocycles. The van der Waals surface area contributed by atoms with Crippen molar-refractivity contribution in [3.05, 3.63) is 36.7 Å². The van der Waals surface area contributed by atoms with Crippen molar-refractivity contribution < 1.29 is 4.79 Å². The molecule has 2 aromatic rings. The Hall–Kier alpha value is -2.21. The second kappa shape index (κ2) is 6.36. The zero-order valence-corrected chi connectivity index (χ0v) is 13.6. The Bertz CT molecular complexity index is 700. The summed E-state index contributed by atoms with van der Waals surface area (Å²) in [5.74, 6) is 1.22. The minimum absolute atomic E-state index is 0.0788. The number of rotatable bonds is 3. The first-order valence-electron chi connectivity index (χ1n) is 8.74. The van der Waals surface area contributed by atoms with Gasteiger partial charge in [0, 0.05) is 17.6 Å². The standard InChI is InChI=1S/C18H23N5O/c19-17-12-3-1-4-13(17)10-14(9-12)18(24)21-15-5-2-6-16(11-15)23-8-7-20-22-23/h2,5-8,11-14,17H,1,3-4,9-10,19H2,(H,21,24). The van der Waals surface area contributed by atoms with Crippen LogP contribution >= 0.6 is 0 Å². The third-order valence-corrected chi connectivity index (χ3v) is 5.58. The van der Waals surface area contributed by atoms with Gasteiger partial charge in [-0.2, -0.15) is 0 Å². The number of hydrogen-bond acceptors (Lipinski definition) is 4. The molecule has 6 heteroatoms. The average molecular weight is 325 g/mol. The molecule has 0 radical (unpaired) electrons. The molecule has 0 saturated heterocycles. The molecular weight excluding hydrogens is 302 g/mol. The number of fused-ring (bicyclic) bond motifs is 2. The van der Waals surface area contributed by atoms with Crippen molar-refractivity contribution in [2.24, 2.45) is 23.5 Å². The fourth-order valence-corrected chi connectivity index (χ4v) is 4.32. The molecule has 6 nitrogen and oxygen atoms in total. The van der Waals surface area contributed by atoms with Crippen molar-refractivity contribution >= 4 is 11.6 Å². The van der Waals surface area contributed by atoms with Gasteiger partial charge in [-0.3, -0.25) is 4.79 Å². The quantitative estimate of drug-likeness (QED) is 0.907. The summed E-state index contributed by atoms with van der Waals surface area (Å²) in [6.45, 7) is 0. The lowest BCUT2D eigenvalue weighted by Gasteiger charge is -2.43. The number of aromatic nitrogens is 3. The monoisotopic (exact) mass is 325 g/mol. The van der Waals surface area contributed by atoms with E-state index in [2.05, 4.69) is 15.6 Å². The molecule has 3 N–H and O–H groups in total. The molecule has 2 saturated carbocycles. The summed E-state index contributed by atoms with van der Waals surface area (Å²) in [5, 5.41) is 10.9. The number of nitrogens with two attached hydrogens (primary N) is 1. The zero-order valence-electron chi connectivity index (χ0n) is 13.6. The fraction of sp³-hybridized carbons (Fsp3) is 0.500. The lowest BCUT2D eigenvalue weighted by atomic mass is 9.65. The van der Waals surface area contributed by atoms with Crippen molar-refractivity contribution in [2.75, 3.05) is 5.32 Å². The van der Waals surface area contributed by atoms with Crippen molar-refractivity contribution in [3.63, 3.8) is 0 Å². The topological polar surface area (TPSA) is 85.8 Å². The smallest absolute Gasteiger partial charge is 0.227 e. The highest BCUT2D eigenvalue weighted by molar-refractivity contribution is 5.92. The predicted octanol–water partition coefficient (Wildman–Crippen LogP) is 2.36. The van der Waals surface area contributed by atoms with E-state index in [9.17, 15) is 4.79 Å². The van der Waals surface area contributed by atoms with Gasteiger partial charge in [-0.15, -0.1) is 5.10 Å². The zero-order chi connectivity index (χ0) is 16.5. The van der Waals surface area contributed by atoms with Gasteiger partial charge in [0.1, 0.15) is 0 Å². The van der Waals surface area contributed by atoms with E-state index in [0.29, 0.717) is 17.9 Å². The third-order valence-electron chi connectivity index (χ3n) is 5.58. The predicted molar refractivity (Wildman–Crippen MR) is 91.5 cm³/mol. The van der Waals surface area contributed by atoms with Crippen LogP contribution in [0.2, 0.25) is 0 Å². The van der Waals surface area contributed by atoms with Crippen LogP contribution in [0.15, 0.2) is 36.7 Å². The molecule has 2 fully saturated rings. The van der Waals surface area contributed by atoms with Gasteiger partial charge in [-0.05, 0) is 55.7 Å². The number of amides is 1. The van der Waals surface area contributed by atoms with Crippen LogP contribution in [0, 0.1) is 17.8 Å². The van der Waals surface area contributed by atoms with E-state index in [1.807, 2.05) is 24.3 Å². The first-order valence-corrected chi connectivity index (χ1v) is 8.74. The van der Waals surface area contributed by atoms with E-state index in [1.54, 1.807) is 17.1 Å². The Morgan fingerprint density at radius 1 is 1.25 bits per heavy atom. The second-order valence-corrected chi connectivity index (χ2v) is 7.08. The number of carbonyl (C=O) groups excluding carboxylic acids is 1. The van der Waals surface area contributed by atoms with Gasteiger partial charge in [0.05, 0.1) is 18.1 Å². The molecule has 1 heterocycles. The first-order chi connectivity index (χ1) is 11.7. The summed E-state index contributed by atoms with van der Waals surface area (Å²) >= 11 is 0. The summed E-state index contributed by atoms with van der Waals surface area (Å²) < 4.78 is 1.68. The van der Waals surface area contributed by atoms with Crippen LogP contribution < -0.4 is 11.1 Å². The van der Waals surface area contributed by atoms with Gasteiger partial charge in [0.2, 0.25) is 5.91 Å². The third kappa shape index (κ3) is 2.94. The van der Waals surface area contributed by atoms with Gasteiger partial charge < -0.3 is 11.1 Å². The lowest BCUT2D eigenvalue weighted by Crippen LogP contribution is -2.48. The SMILES string of the molecule is NC1C2CCCC1CC(C(=O)Nc1cccc(-n3ccnn3)c1)C2. The molecule has 2 atom stereocenters. The molecule has 2 aliphatic rings. The molecule has 2 aliphatic carbocycles. The minimum atomic E-state index is 0.0788. The van der Waals surface area contributed by atoms with Crippen LogP contribution in [0.25, 0.3) is 5.69 Å². The van der Waals surface area contributed by atoms with Crippen LogP contribution in [-0.2, 0) is 4.79 Å². The van der Waals surface area contributed by atoms with E-state index >= 15 is 0 Å². The highest BCUT2D eigenvalue weighted by atomic mass is 16.1. The van der Waals surface area contributed by atoms with Gasteiger partial charge in [-0.1, -0.05) is 17.7 Å². The Morgan fingerprint density at radius 2 is 2.04 bits per heavy atom. The normalized spacial score (nSPS) is 29.2. The van der Waals surface area contributed by atoms with E-state index in [0.717, 1.165) is 24.2 Å². The summed E-state index contributed by atoms with van der Waals surface area (Å²) in [6.07, 6.45) is 8.86. The van der Waals surface area contributed by atoms with Crippen LogP contribution in [0.3, 0.4) is 0 Å². The van der Waals surface area contributed by atoms with Crippen LogP contribution in [-0.4, -0.2) is 26.9 Å². The Balaban J connectivity index is 1.46. The molecule has 126 valence electrons. The number of hydrogen-bond donors (Lipinski definition) is 2. The molecule has 1 aromatic carbocycles. The highest BCUT2D eigenvalue weighted by Crippen LogP contribution is 2.42. The van der Waals surface area contributed by atoms with Gasteiger partial charge in [0.25, 0.3) is 0 Å². The number of nitrogens with zero attached hydrogens (tertiary/aromatic N) is 3. The molecule has 4 rings (SSSR count). The van der Waals surface area contributed by atoms with Crippen LogP contribution in [0.5, 0.6) is 0 Å². The second-order valence-electron chi connectivity index (χ2n) is 7.08. The fourth-order valence-electron chi connectivity index (χ4n) is 4.32. The Kier molecular flexibility index (Phi) is 4.06. The first kappa shape index (κ1) is 15.3. The van der Waals surface area contributed by atoms with Crippen LogP contribution in [0.1, 0.15) is 32.1 Å². The molecule has 0 spiro atoms. The number of anilines is 1. The Labute approximate surface area is 141 Å². The molecule has 2 bridgehead atoms. The molecule has 2 unspecified atom stereocenters. The average Bonchev–Trinajstić information content (AvgIpc) is 3.09. The number of nitrogens with one attached hydrogen (secondary N) is 1.